The Bertz CT molecular complexity index is 771. The van der Waals surface area contributed by atoms with E-state index in [4.69, 9.17) is 0 Å². The molecule has 2 aliphatic rings. The standard InChI is InChI=1S/C17H20N4OS.2ClH/c22-17(19-9-6-11-4-7-18-8-5-11)15-10-13-16-12(20-21-13)2-1-3-14(16)23-15;;/h1-3,10-11,18H,4-9H2,(H,19,22)(H,20,21);2*1H. The monoisotopic (exact) mass is 400 g/mol. The lowest BCUT2D eigenvalue weighted by Gasteiger charge is -2.22. The van der Waals surface area contributed by atoms with Gasteiger partial charge >= 0.3 is 0 Å². The van der Waals surface area contributed by atoms with Gasteiger partial charge in [0.2, 0.25) is 0 Å². The molecule has 0 bridgehead atoms. The van der Waals surface area contributed by atoms with Crippen molar-refractivity contribution in [2.75, 3.05) is 19.6 Å². The van der Waals surface area contributed by atoms with E-state index in [1.54, 1.807) is 0 Å². The zero-order chi connectivity index (χ0) is 15.6. The molecular formula is C17H22Cl2N4OS. The Morgan fingerprint density at radius 1 is 1.28 bits per heavy atom. The maximum Gasteiger partial charge on any atom is 0.258 e. The Morgan fingerprint density at radius 2 is 2.08 bits per heavy atom. The van der Waals surface area contributed by atoms with Crippen LogP contribution < -0.4 is 10.6 Å². The summed E-state index contributed by atoms with van der Waals surface area (Å²) in [6.45, 7) is 2.96. The number of aromatic amines is 1. The molecule has 1 aromatic carbocycles. The van der Waals surface area contributed by atoms with Crippen molar-refractivity contribution in [3.8, 4) is 0 Å². The fourth-order valence-corrected chi connectivity index (χ4v) is 4.33. The van der Waals surface area contributed by atoms with Crippen molar-refractivity contribution in [2.24, 2.45) is 5.92 Å². The SMILES string of the molecule is Cl.Cl.O=C(NCCC1CCNCC1)C1=Cc2[nH]nc3cccc(c23)S1. The fraction of sp³-hybridized carbons (Fsp3) is 0.412. The number of halogens is 2. The molecule has 3 heterocycles. The van der Waals surface area contributed by atoms with E-state index in [1.807, 2.05) is 24.3 Å². The molecule has 0 radical (unpaired) electrons. The van der Waals surface area contributed by atoms with Crippen LogP contribution >= 0.6 is 36.6 Å². The lowest BCUT2D eigenvalue weighted by Crippen LogP contribution is -2.31. The maximum absolute atomic E-state index is 12.4. The van der Waals surface area contributed by atoms with E-state index in [-0.39, 0.29) is 30.7 Å². The van der Waals surface area contributed by atoms with Crippen molar-refractivity contribution in [3.05, 3.63) is 28.8 Å². The summed E-state index contributed by atoms with van der Waals surface area (Å²) in [5, 5.41) is 14.9. The lowest BCUT2D eigenvalue weighted by atomic mass is 9.95. The van der Waals surface area contributed by atoms with Gasteiger partial charge in [-0.25, -0.2) is 0 Å². The highest BCUT2D eigenvalue weighted by molar-refractivity contribution is 8.04. The first-order chi connectivity index (χ1) is 11.3. The molecule has 2 aromatic rings. The van der Waals surface area contributed by atoms with Crippen LogP contribution in [0.1, 0.15) is 25.0 Å². The van der Waals surface area contributed by atoms with Gasteiger partial charge in [-0.15, -0.1) is 24.8 Å². The van der Waals surface area contributed by atoms with Gasteiger partial charge in [0, 0.05) is 16.8 Å². The zero-order valence-corrected chi connectivity index (χ0v) is 16.2. The predicted molar refractivity (Wildman–Crippen MR) is 108 cm³/mol. The summed E-state index contributed by atoms with van der Waals surface area (Å²) in [5.74, 6) is 0.749. The summed E-state index contributed by atoms with van der Waals surface area (Å²) in [6, 6.07) is 6.01. The van der Waals surface area contributed by atoms with Crippen LogP contribution in [0.4, 0.5) is 0 Å². The van der Waals surface area contributed by atoms with Gasteiger partial charge in [0.05, 0.1) is 16.1 Å². The number of rotatable bonds is 4. The van der Waals surface area contributed by atoms with Gasteiger partial charge in [-0.05, 0) is 56.5 Å². The topological polar surface area (TPSA) is 69.8 Å². The van der Waals surface area contributed by atoms with Gasteiger partial charge < -0.3 is 10.6 Å². The summed E-state index contributed by atoms with van der Waals surface area (Å²) in [5.41, 5.74) is 1.88. The molecule has 0 unspecified atom stereocenters. The van der Waals surface area contributed by atoms with Crippen LogP contribution in [0, 0.1) is 5.92 Å². The Balaban J connectivity index is 0.00000113. The minimum atomic E-state index is 0. The smallest absolute Gasteiger partial charge is 0.258 e. The van der Waals surface area contributed by atoms with Crippen molar-refractivity contribution in [1.82, 2.24) is 20.8 Å². The van der Waals surface area contributed by atoms with Crippen LogP contribution in [0.2, 0.25) is 0 Å². The molecule has 3 N–H and O–H groups in total. The highest BCUT2D eigenvalue weighted by atomic mass is 35.5. The molecular weight excluding hydrogens is 379 g/mol. The average molecular weight is 401 g/mol. The van der Waals surface area contributed by atoms with E-state index in [0.29, 0.717) is 0 Å². The molecule has 136 valence electrons. The Morgan fingerprint density at radius 3 is 2.88 bits per heavy atom. The van der Waals surface area contributed by atoms with Crippen LogP contribution in [0.5, 0.6) is 0 Å². The molecule has 1 amide bonds. The number of nitrogens with zero attached hydrogens (tertiary/aromatic N) is 1. The molecule has 0 aliphatic carbocycles. The first-order valence-corrected chi connectivity index (χ1v) is 8.98. The summed E-state index contributed by atoms with van der Waals surface area (Å²) in [6.07, 6.45) is 5.41. The number of piperidine rings is 1. The molecule has 8 heteroatoms. The molecule has 2 aliphatic heterocycles. The predicted octanol–water partition coefficient (Wildman–Crippen LogP) is 3.36. The van der Waals surface area contributed by atoms with Gasteiger partial charge in [0.25, 0.3) is 5.91 Å². The van der Waals surface area contributed by atoms with Gasteiger partial charge in [0.15, 0.2) is 0 Å². The van der Waals surface area contributed by atoms with Crippen molar-refractivity contribution >= 4 is 59.5 Å². The minimum Gasteiger partial charge on any atom is -0.352 e. The molecule has 0 atom stereocenters. The second-order valence-electron chi connectivity index (χ2n) is 6.14. The van der Waals surface area contributed by atoms with Crippen molar-refractivity contribution in [3.63, 3.8) is 0 Å². The van der Waals surface area contributed by atoms with Crippen molar-refractivity contribution in [1.29, 1.82) is 0 Å². The molecule has 25 heavy (non-hydrogen) atoms. The van der Waals surface area contributed by atoms with Gasteiger partial charge in [-0.1, -0.05) is 17.8 Å². The maximum atomic E-state index is 12.4. The molecule has 1 fully saturated rings. The number of hydrogen-bond donors (Lipinski definition) is 3. The number of carbonyl (C=O) groups excluding carboxylic acids is 1. The first kappa shape index (κ1) is 20.1. The molecule has 5 nitrogen and oxygen atoms in total. The quantitative estimate of drug-likeness (QED) is 0.735. The van der Waals surface area contributed by atoms with Crippen LogP contribution in [0.15, 0.2) is 28.0 Å². The molecule has 4 rings (SSSR count). The van der Waals surface area contributed by atoms with E-state index < -0.39 is 0 Å². The number of hydrogen-bond acceptors (Lipinski definition) is 4. The van der Waals surface area contributed by atoms with E-state index in [0.717, 1.165) is 58.4 Å². The Kier molecular flexibility index (Phi) is 7.19. The number of nitrogens with one attached hydrogen (secondary N) is 3. The Hall–Kier alpha value is -1.21. The number of thioether (sulfide) groups is 1. The highest BCUT2D eigenvalue weighted by Crippen LogP contribution is 2.39. The number of H-pyrrole nitrogens is 1. The molecule has 1 saturated heterocycles. The fourth-order valence-electron chi connectivity index (χ4n) is 3.29. The highest BCUT2D eigenvalue weighted by Gasteiger charge is 2.21. The third kappa shape index (κ3) is 4.31. The lowest BCUT2D eigenvalue weighted by molar-refractivity contribution is -0.116. The minimum absolute atomic E-state index is 0. The summed E-state index contributed by atoms with van der Waals surface area (Å²) < 4.78 is 0. The molecule has 1 aromatic heterocycles. The summed E-state index contributed by atoms with van der Waals surface area (Å²) in [7, 11) is 0. The normalized spacial score (nSPS) is 16.6. The average Bonchev–Trinajstić information content (AvgIpc) is 3.01. The molecule has 0 spiro atoms. The van der Waals surface area contributed by atoms with Crippen molar-refractivity contribution < 1.29 is 4.79 Å². The third-order valence-electron chi connectivity index (χ3n) is 4.59. The van der Waals surface area contributed by atoms with Crippen LogP contribution in [0.3, 0.4) is 0 Å². The van der Waals surface area contributed by atoms with E-state index >= 15 is 0 Å². The van der Waals surface area contributed by atoms with Gasteiger partial charge in [-0.2, -0.15) is 5.10 Å². The number of carbonyl (C=O) groups is 1. The summed E-state index contributed by atoms with van der Waals surface area (Å²) >= 11 is 1.53. The molecule has 0 saturated carbocycles. The van der Waals surface area contributed by atoms with Crippen LogP contribution in [0.25, 0.3) is 17.0 Å². The Labute approximate surface area is 163 Å². The largest absolute Gasteiger partial charge is 0.352 e. The zero-order valence-electron chi connectivity index (χ0n) is 13.7. The number of amides is 1. The summed E-state index contributed by atoms with van der Waals surface area (Å²) in [4.78, 5) is 14.3. The number of aromatic nitrogens is 2. The first-order valence-electron chi connectivity index (χ1n) is 8.17. The van der Waals surface area contributed by atoms with Crippen LogP contribution in [-0.2, 0) is 4.79 Å². The van der Waals surface area contributed by atoms with E-state index in [2.05, 4.69) is 20.8 Å². The van der Waals surface area contributed by atoms with E-state index in [1.165, 1.54) is 24.6 Å². The second kappa shape index (κ2) is 8.94. The van der Waals surface area contributed by atoms with Crippen LogP contribution in [-0.4, -0.2) is 35.7 Å². The van der Waals surface area contributed by atoms with Crippen molar-refractivity contribution in [2.45, 2.75) is 24.2 Å². The third-order valence-corrected chi connectivity index (χ3v) is 5.67. The van der Waals surface area contributed by atoms with Gasteiger partial charge in [0.1, 0.15) is 0 Å². The van der Waals surface area contributed by atoms with Gasteiger partial charge in [-0.3, -0.25) is 9.89 Å². The van der Waals surface area contributed by atoms with E-state index in [9.17, 15) is 4.79 Å². The number of benzene rings is 1. The second-order valence-corrected chi connectivity index (χ2v) is 7.22.